The van der Waals surface area contributed by atoms with E-state index in [9.17, 15) is 0 Å². The van der Waals surface area contributed by atoms with Crippen molar-refractivity contribution in [2.24, 2.45) is 0 Å². The Morgan fingerprint density at radius 2 is 1.75 bits per heavy atom. The van der Waals surface area contributed by atoms with Gasteiger partial charge in [-0.05, 0) is 17.7 Å². The number of benzene rings is 1. The summed E-state index contributed by atoms with van der Waals surface area (Å²) in [5.41, 5.74) is 1.19. The molecule has 16 heavy (non-hydrogen) atoms. The van der Waals surface area contributed by atoms with Crippen molar-refractivity contribution in [3.8, 4) is 11.5 Å². The van der Waals surface area contributed by atoms with Crippen molar-refractivity contribution in [2.75, 3.05) is 33.2 Å². The number of methoxy groups -OCH3 is 2. The van der Waals surface area contributed by atoms with Crippen molar-refractivity contribution in [2.45, 2.75) is 5.41 Å². The van der Waals surface area contributed by atoms with E-state index in [1.54, 1.807) is 14.2 Å². The number of hydrogen-bond acceptors (Lipinski definition) is 4. The van der Waals surface area contributed by atoms with Crippen molar-refractivity contribution in [1.29, 1.82) is 0 Å². The second-order valence-electron chi connectivity index (χ2n) is 4.03. The molecule has 0 amide bonds. The molecule has 1 saturated heterocycles. The van der Waals surface area contributed by atoms with E-state index in [2.05, 4.69) is 12.6 Å². The van der Waals surface area contributed by atoms with Crippen LogP contribution in [0.15, 0.2) is 18.2 Å². The first-order chi connectivity index (χ1) is 7.74. The molecule has 88 valence electrons. The molecule has 1 aliphatic heterocycles. The van der Waals surface area contributed by atoms with Gasteiger partial charge < -0.3 is 14.2 Å². The fourth-order valence-corrected chi connectivity index (χ4v) is 2.18. The average Bonchev–Trinajstić information content (AvgIpc) is 2.28. The molecule has 0 aromatic heterocycles. The molecular weight excluding hydrogens is 224 g/mol. The summed E-state index contributed by atoms with van der Waals surface area (Å²) in [7, 11) is 3.31. The van der Waals surface area contributed by atoms with Crippen molar-refractivity contribution in [3.05, 3.63) is 23.8 Å². The molecule has 1 aliphatic rings. The Bertz CT molecular complexity index is 347. The topological polar surface area (TPSA) is 27.7 Å². The molecule has 0 atom stereocenters. The van der Waals surface area contributed by atoms with Gasteiger partial charge in [-0.3, -0.25) is 0 Å². The van der Waals surface area contributed by atoms with Crippen LogP contribution in [0.2, 0.25) is 0 Å². The van der Waals surface area contributed by atoms with Crippen LogP contribution in [0.25, 0.3) is 0 Å². The molecule has 0 saturated carbocycles. The summed E-state index contributed by atoms with van der Waals surface area (Å²) >= 11 is 4.41. The quantitative estimate of drug-likeness (QED) is 0.815. The summed E-state index contributed by atoms with van der Waals surface area (Å²) < 4.78 is 15.8. The van der Waals surface area contributed by atoms with Crippen LogP contribution in [0, 0.1) is 0 Å². The van der Waals surface area contributed by atoms with Crippen LogP contribution in [0.3, 0.4) is 0 Å². The van der Waals surface area contributed by atoms with Gasteiger partial charge in [0.25, 0.3) is 0 Å². The molecule has 1 fully saturated rings. The van der Waals surface area contributed by atoms with Crippen molar-refractivity contribution in [1.82, 2.24) is 0 Å². The summed E-state index contributed by atoms with van der Waals surface area (Å²) in [6.07, 6.45) is 0. The molecular formula is C12H16O3S. The second-order valence-corrected chi connectivity index (χ2v) is 4.35. The lowest BCUT2D eigenvalue weighted by atomic mass is 9.80. The highest BCUT2D eigenvalue weighted by Gasteiger charge is 2.39. The van der Waals surface area contributed by atoms with E-state index in [0.29, 0.717) is 13.2 Å². The van der Waals surface area contributed by atoms with E-state index in [1.807, 2.05) is 18.2 Å². The lowest BCUT2D eigenvalue weighted by Gasteiger charge is -2.41. The number of thiol groups is 1. The minimum Gasteiger partial charge on any atom is -0.497 e. The van der Waals surface area contributed by atoms with Gasteiger partial charge >= 0.3 is 0 Å². The zero-order chi connectivity index (χ0) is 11.6. The van der Waals surface area contributed by atoms with Crippen LogP contribution in [-0.4, -0.2) is 33.2 Å². The number of hydrogen-bond donors (Lipinski definition) is 1. The molecule has 0 radical (unpaired) electrons. The maximum absolute atomic E-state index is 5.30. The van der Waals surface area contributed by atoms with Gasteiger partial charge in [0.05, 0.1) is 32.8 Å². The van der Waals surface area contributed by atoms with Gasteiger partial charge in [-0.1, -0.05) is 0 Å². The molecule has 0 spiro atoms. The molecule has 1 aromatic rings. The molecule has 2 rings (SSSR count). The molecule has 4 heteroatoms. The van der Waals surface area contributed by atoms with Gasteiger partial charge in [-0.2, -0.15) is 12.6 Å². The Hall–Kier alpha value is -0.870. The third-order valence-corrected chi connectivity index (χ3v) is 3.63. The van der Waals surface area contributed by atoms with Crippen LogP contribution >= 0.6 is 12.6 Å². The smallest absolute Gasteiger partial charge is 0.122 e. The second kappa shape index (κ2) is 4.55. The normalized spacial score (nSPS) is 17.7. The third kappa shape index (κ3) is 1.87. The minimum absolute atomic E-state index is 0.0188. The van der Waals surface area contributed by atoms with E-state index in [4.69, 9.17) is 14.2 Å². The fraction of sp³-hybridized carbons (Fsp3) is 0.500. The Balaban J connectivity index is 2.39. The van der Waals surface area contributed by atoms with Gasteiger partial charge in [0.2, 0.25) is 0 Å². The first-order valence-corrected chi connectivity index (χ1v) is 5.79. The van der Waals surface area contributed by atoms with E-state index >= 15 is 0 Å². The van der Waals surface area contributed by atoms with E-state index in [-0.39, 0.29) is 5.41 Å². The molecule has 0 unspecified atom stereocenters. The van der Waals surface area contributed by atoms with Crippen molar-refractivity contribution >= 4 is 12.6 Å². The molecule has 0 aliphatic carbocycles. The predicted octanol–water partition coefficient (Wildman–Crippen LogP) is 1.90. The van der Waals surface area contributed by atoms with E-state index in [0.717, 1.165) is 17.3 Å². The molecule has 0 N–H and O–H groups in total. The highest BCUT2D eigenvalue weighted by Crippen LogP contribution is 2.37. The molecule has 0 bridgehead atoms. The molecule has 1 heterocycles. The first-order valence-electron chi connectivity index (χ1n) is 5.16. The molecule has 1 aromatic carbocycles. The largest absolute Gasteiger partial charge is 0.497 e. The van der Waals surface area contributed by atoms with E-state index in [1.165, 1.54) is 5.56 Å². The highest BCUT2D eigenvalue weighted by molar-refractivity contribution is 7.80. The first kappa shape index (κ1) is 11.6. The van der Waals surface area contributed by atoms with Crippen LogP contribution in [-0.2, 0) is 10.2 Å². The Labute approximate surface area is 101 Å². The Morgan fingerprint density at radius 3 is 2.06 bits per heavy atom. The van der Waals surface area contributed by atoms with Gasteiger partial charge in [-0.25, -0.2) is 0 Å². The maximum atomic E-state index is 5.30. The van der Waals surface area contributed by atoms with Crippen LogP contribution in [0.1, 0.15) is 5.56 Å². The van der Waals surface area contributed by atoms with Crippen LogP contribution < -0.4 is 9.47 Å². The van der Waals surface area contributed by atoms with Gasteiger partial charge in [0.15, 0.2) is 0 Å². The predicted molar refractivity (Wildman–Crippen MR) is 65.9 cm³/mol. The third-order valence-electron chi connectivity index (χ3n) is 3.02. The fourth-order valence-electron chi connectivity index (χ4n) is 1.81. The number of rotatable bonds is 4. The Morgan fingerprint density at radius 1 is 1.19 bits per heavy atom. The number of ether oxygens (including phenoxy) is 3. The molecule has 3 nitrogen and oxygen atoms in total. The monoisotopic (exact) mass is 240 g/mol. The maximum Gasteiger partial charge on any atom is 0.122 e. The lowest BCUT2D eigenvalue weighted by molar-refractivity contribution is -0.0472. The Kier molecular flexibility index (Phi) is 3.30. The summed E-state index contributed by atoms with van der Waals surface area (Å²) in [6.45, 7) is 1.43. The standard InChI is InChI=1S/C12H16O3S/c1-13-10-3-9(4-11(5-10)14-2)12(8-16)6-15-7-12/h3-5,16H,6-8H2,1-2H3. The van der Waals surface area contributed by atoms with Crippen molar-refractivity contribution in [3.63, 3.8) is 0 Å². The van der Waals surface area contributed by atoms with Crippen molar-refractivity contribution < 1.29 is 14.2 Å². The zero-order valence-electron chi connectivity index (χ0n) is 9.53. The average molecular weight is 240 g/mol. The van der Waals surface area contributed by atoms with Crippen LogP contribution in [0.4, 0.5) is 0 Å². The van der Waals surface area contributed by atoms with Gasteiger partial charge in [0.1, 0.15) is 11.5 Å². The SMILES string of the molecule is COc1cc(OC)cc(C2(CS)COC2)c1. The lowest BCUT2D eigenvalue weighted by Crippen LogP contribution is -2.48. The van der Waals surface area contributed by atoms with Crippen LogP contribution in [0.5, 0.6) is 11.5 Å². The van der Waals surface area contributed by atoms with Gasteiger partial charge in [0, 0.05) is 11.8 Å². The summed E-state index contributed by atoms with van der Waals surface area (Å²) in [4.78, 5) is 0. The zero-order valence-corrected chi connectivity index (χ0v) is 10.4. The minimum atomic E-state index is 0.0188. The highest BCUT2D eigenvalue weighted by atomic mass is 32.1. The summed E-state index contributed by atoms with van der Waals surface area (Å²) in [5.74, 6) is 2.38. The van der Waals surface area contributed by atoms with Gasteiger partial charge in [-0.15, -0.1) is 0 Å². The van der Waals surface area contributed by atoms with E-state index < -0.39 is 0 Å². The summed E-state index contributed by atoms with van der Waals surface area (Å²) in [5, 5.41) is 0. The summed E-state index contributed by atoms with van der Waals surface area (Å²) in [6, 6.07) is 5.93.